The third-order valence-corrected chi connectivity index (χ3v) is 5.88. The van der Waals surface area contributed by atoms with Crippen LogP contribution < -0.4 is 10.9 Å². The van der Waals surface area contributed by atoms with Crippen molar-refractivity contribution in [1.29, 1.82) is 0 Å². The average Bonchev–Trinajstić information content (AvgIpc) is 2.86. The summed E-state index contributed by atoms with van der Waals surface area (Å²) in [5.41, 5.74) is 5.09. The van der Waals surface area contributed by atoms with Crippen LogP contribution in [-0.4, -0.2) is 20.0 Å². The van der Waals surface area contributed by atoms with Gasteiger partial charge < -0.3 is 9.88 Å². The van der Waals surface area contributed by atoms with Crippen LogP contribution in [0.25, 0.3) is 11.0 Å². The summed E-state index contributed by atoms with van der Waals surface area (Å²) in [6.45, 7) is 6.80. The molecular formula is C23H28N4O2. The Morgan fingerprint density at radius 3 is 2.83 bits per heavy atom. The molecule has 0 aliphatic carbocycles. The van der Waals surface area contributed by atoms with E-state index in [0.717, 1.165) is 60.4 Å². The van der Waals surface area contributed by atoms with Gasteiger partial charge in [0.2, 0.25) is 5.91 Å². The van der Waals surface area contributed by atoms with Crippen molar-refractivity contribution in [2.24, 2.45) is 0 Å². The lowest BCUT2D eigenvalue weighted by Gasteiger charge is -2.15. The molecule has 3 heterocycles. The van der Waals surface area contributed by atoms with Crippen molar-refractivity contribution in [2.75, 3.05) is 5.32 Å². The molecular weight excluding hydrogens is 364 g/mol. The minimum Gasteiger partial charge on any atom is -0.330 e. The number of para-hydroxylation sites is 1. The van der Waals surface area contributed by atoms with E-state index in [1.165, 1.54) is 0 Å². The molecule has 1 aromatic carbocycles. The Hall–Kier alpha value is -2.89. The third-order valence-electron chi connectivity index (χ3n) is 5.88. The number of aryl methyl sites for hydroxylation is 4. The first-order valence-corrected chi connectivity index (χ1v) is 10.5. The molecule has 3 aromatic rings. The van der Waals surface area contributed by atoms with E-state index in [2.05, 4.69) is 12.2 Å². The van der Waals surface area contributed by atoms with Crippen LogP contribution in [0.15, 0.2) is 29.1 Å². The van der Waals surface area contributed by atoms with Crippen molar-refractivity contribution in [2.45, 2.75) is 66.0 Å². The van der Waals surface area contributed by atoms with Crippen molar-refractivity contribution < 1.29 is 4.79 Å². The Balaban J connectivity index is 1.70. The lowest BCUT2D eigenvalue weighted by atomic mass is 10.1. The highest BCUT2D eigenvalue weighted by atomic mass is 16.2. The molecule has 29 heavy (non-hydrogen) atoms. The number of amides is 1. The van der Waals surface area contributed by atoms with Crippen LogP contribution >= 0.6 is 0 Å². The van der Waals surface area contributed by atoms with Crippen LogP contribution in [0.3, 0.4) is 0 Å². The van der Waals surface area contributed by atoms with Gasteiger partial charge >= 0.3 is 0 Å². The van der Waals surface area contributed by atoms with Crippen LogP contribution in [0.2, 0.25) is 0 Å². The molecule has 1 aliphatic heterocycles. The zero-order valence-electron chi connectivity index (χ0n) is 17.4. The molecule has 152 valence electrons. The molecule has 0 spiro atoms. The van der Waals surface area contributed by atoms with E-state index in [0.29, 0.717) is 17.6 Å². The number of fused-ring (bicyclic) bond motifs is 2. The minimum absolute atomic E-state index is 0.0297. The number of hydrogen-bond acceptors (Lipinski definition) is 3. The molecule has 4 rings (SSSR count). The Kier molecular flexibility index (Phi) is 5.26. The van der Waals surface area contributed by atoms with Crippen LogP contribution in [0.4, 0.5) is 5.69 Å². The van der Waals surface area contributed by atoms with E-state index in [1.807, 2.05) is 42.7 Å². The van der Waals surface area contributed by atoms with Crippen LogP contribution in [0.1, 0.15) is 48.8 Å². The summed E-state index contributed by atoms with van der Waals surface area (Å²) in [7, 11) is 0. The topological polar surface area (TPSA) is 68.9 Å². The minimum atomic E-state index is -0.131. The number of rotatable bonds is 4. The Morgan fingerprint density at radius 2 is 2.03 bits per heavy atom. The van der Waals surface area contributed by atoms with Gasteiger partial charge in [0.1, 0.15) is 17.9 Å². The van der Waals surface area contributed by atoms with Gasteiger partial charge in [0.25, 0.3) is 5.56 Å². The Labute approximate surface area is 170 Å². The van der Waals surface area contributed by atoms with Crippen LogP contribution in [0, 0.1) is 13.8 Å². The van der Waals surface area contributed by atoms with Crippen molar-refractivity contribution >= 4 is 22.6 Å². The second kappa shape index (κ2) is 7.85. The largest absolute Gasteiger partial charge is 0.330 e. The fraction of sp³-hybridized carbons (Fsp3) is 0.435. The maximum absolute atomic E-state index is 13.2. The van der Waals surface area contributed by atoms with Gasteiger partial charge in [-0.05, 0) is 50.3 Å². The van der Waals surface area contributed by atoms with Gasteiger partial charge in [0.05, 0.1) is 5.52 Å². The first-order valence-electron chi connectivity index (χ1n) is 10.5. The predicted octanol–water partition coefficient (Wildman–Crippen LogP) is 3.74. The molecule has 0 unspecified atom stereocenters. The summed E-state index contributed by atoms with van der Waals surface area (Å²) in [4.78, 5) is 30.9. The zero-order chi connectivity index (χ0) is 20.5. The molecule has 6 heteroatoms. The summed E-state index contributed by atoms with van der Waals surface area (Å²) in [6, 6.07) is 7.95. The summed E-state index contributed by atoms with van der Waals surface area (Å²) in [5.74, 6) is 0.739. The second-order valence-electron chi connectivity index (χ2n) is 7.91. The van der Waals surface area contributed by atoms with Crippen molar-refractivity contribution in [1.82, 2.24) is 14.1 Å². The van der Waals surface area contributed by atoms with Gasteiger partial charge in [-0.25, -0.2) is 4.98 Å². The number of hydrogen-bond donors (Lipinski definition) is 1. The number of nitrogens with zero attached hydrogens (tertiary/aromatic N) is 3. The molecule has 1 N–H and O–H groups in total. The summed E-state index contributed by atoms with van der Waals surface area (Å²) in [6.07, 6.45) is 4.86. The molecule has 0 saturated heterocycles. The molecule has 1 amide bonds. The van der Waals surface area contributed by atoms with Gasteiger partial charge in [-0.1, -0.05) is 31.5 Å². The van der Waals surface area contributed by atoms with Gasteiger partial charge in [-0.2, -0.15) is 0 Å². The smallest absolute Gasteiger partial charge is 0.278 e. The number of anilines is 1. The highest BCUT2D eigenvalue weighted by Crippen LogP contribution is 2.22. The molecule has 1 aliphatic rings. The molecule has 6 nitrogen and oxygen atoms in total. The predicted molar refractivity (Wildman–Crippen MR) is 115 cm³/mol. The van der Waals surface area contributed by atoms with Gasteiger partial charge in [-0.3, -0.25) is 14.2 Å². The van der Waals surface area contributed by atoms with E-state index in [9.17, 15) is 9.59 Å². The normalized spacial score (nSPS) is 13.9. The van der Waals surface area contributed by atoms with E-state index in [4.69, 9.17) is 4.98 Å². The Bertz CT molecular complexity index is 1140. The molecule has 0 atom stereocenters. The number of benzene rings is 1. The van der Waals surface area contributed by atoms with Crippen molar-refractivity contribution in [3.05, 3.63) is 57.3 Å². The number of carbonyl (C=O) groups excluding carboxylic acids is 1. The van der Waals surface area contributed by atoms with Crippen LogP contribution in [0.5, 0.6) is 0 Å². The fourth-order valence-corrected chi connectivity index (χ4v) is 4.29. The number of aromatic nitrogens is 3. The summed E-state index contributed by atoms with van der Waals surface area (Å²) >= 11 is 0. The fourth-order valence-electron chi connectivity index (χ4n) is 4.29. The summed E-state index contributed by atoms with van der Waals surface area (Å²) in [5, 5.41) is 3.06. The SMILES string of the molecule is CCc1cccc(C)c1NC(=O)Cn1c(C)cc2nc3n(c(=O)c21)CCCCC3. The summed E-state index contributed by atoms with van der Waals surface area (Å²) < 4.78 is 3.61. The second-order valence-corrected chi connectivity index (χ2v) is 7.91. The van der Waals surface area contributed by atoms with Gasteiger partial charge in [0.15, 0.2) is 0 Å². The highest BCUT2D eigenvalue weighted by Gasteiger charge is 2.19. The molecule has 0 radical (unpaired) electrons. The number of carbonyl (C=O) groups is 1. The lowest BCUT2D eigenvalue weighted by molar-refractivity contribution is -0.116. The molecule has 2 aromatic heterocycles. The standard InChI is InChI=1S/C23H28N4O2/c1-4-17-10-8-9-15(2)21(17)25-20(28)14-27-16(3)13-18-22(27)23(29)26-12-7-5-6-11-19(26)24-18/h8-10,13H,4-7,11-12,14H2,1-3H3,(H,25,28). The monoisotopic (exact) mass is 392 g/mol. The Morgan fingerprint density at radius 1 is 1.21 bits per heavy atom. The van der Waals surface area contributed by atoms with E-state index >= 15 is 0 Å². The van der Waals surface area contributed by atoms with Crippen LogP contribution in [-0.2, 0) is 30.7 Å². The molecule has 0 fully saturated rings. The molecule has 0 saturated carbocycles. The van der Waals surface area contributed by atoms with Gasteiger partial charge in [0, 0.05) is 24.3 Å². The first kappa shape index (κ1) is 19.4. The van der Waals surface area contributed by atoms with E-state index in [-0.39, 0.29) is 18.0 Å². The average molecular weight is 393 g/mol. The third kappa shape index (κ3) is 3.59. The van der Waals surface area contributed by atoms with E-state index in [1.54, 1.807) is 4.57 Å². The van der Waals surface area contributed by atoms with E-state index < -0.39 is 0 Å². The zero-order valence-corrected chi connectivity index (χ0v) is 17.4. The quantitative estimate of drug-likeness (QED) is 0.735. The van der Waals surface area contributed by atoms with Crippen molar-refractivity contribution in [3.63, 3.8) is 0 Å². The maximum Gasteiger partial charge on any atom is 0.278 e. The van der Waals surface area contributed by atoms with Gasteiger partial charge in [-0.15, -0.1) is 0 Å². The van der Waals surface area contributed by atoms with Crippen molar-refractivity contribution in [3.8, 4) is 0 Å². The highest BCUT2D eigenvalue weighted by molar-refractivity contribution is 5.93. The molecule has 0 bridgehead atoms. The first-order chi connectivity index (χ1) is 14.0. The lowest BCUT2D eigenvalue weighted by Crippen LogP contribution is -2.28. The number of nitrogens with one attached hydrogen (secondary N) is 1. The maximum atomic E-state index is 13.2.